The van der Waals surface area contributed by atoms with Crippen LogP contribution in [0.5, 0.6) is 0 Å². The first-order chi connectivity index (χ1) is 10.6. The Labute approximate surface area is 129 Å². The summed E-state index contributed by atoms with van der Waals surface area (Å²) >= 11 is 0. The maximum atomic E-state index is 12.7. The summed E-state index contributed by atoms with van der Waals surface area (Å²) in [6.45, 7) is 2.23. The number of carbonyl (C=O) groups excluding carboxylic acids is 2. The van der Waals surface area contributed by atoms with E-state index in [1.807, 2.05) is 43.3 Å². The molecule has 0 bridgehead atoms. The van der Waals surface area contributed by atoms with Gasteiger partial charge in [-0.25, -0.2) is 0 Å². The Bertz CT molecular complexity index is 721. The highest BCUT2D eigenvalue weighted by Gasteiger charge is 2.30. The van der Waals surface area contributed by atoms with Crippen molar-refractivity contribution in [3.05, 3.63) is 70.8 Å². The fraction of sp³-hybridized carbons (Fsp3) is 0.222. The van der Waals surface area contributed by atoms with Gasteiger partial charge in [-0.1, -0.05) is 42.0 Å². The van der Waals surface area contributed by atoms with Crippen LogP contribution in [-0.2, 0) is 17.8 Å². The molecule has 0 radical (unpaired) electrons. The maximum absolute atomic E-state index is 12.7. The first-order valence-electron chi connectivity index (χ1n) is 7.21. The van der Waals surface area contributed by atoms with Crippen molar-refractivity contribution >= 4 is 11.9 Å². The number of aryl methyl sites for hydroxylation is 1. The topological polar surface area (TPSA) is 60.4 Å². The zero-order chi connectivity index (χ0) is 15.7. The van der Waals surface area contributed by atoms with E-state index in [1.165, 1.54) is 4.90 Å². The fourth-order valence-electron chi connectivity index (χ4n) is 2.81. The Balaban J connectivity index is 1.95. The van der Waals surface area contributed by atoms with Crippen LogP contribution in [0.25, 0.3) is 0 Å². The third-order valence-electron chi connectivity index (χ3n) is 4.08. The number of carbonyl (C=O) groups is 2. The summed E-state index contributed by atoms with van der Waals surface area (Å²) in [6, 6.07) is 13.8. The predicted octanol–water partition coefficient (Wildman–Crippen LogP) is 1.31. The molecule has 2 aromatic rings. The van der Waals surface area contributed by atoms with E-state index >= 15 is 0 Å². The molecule has 1 aliphatic heterocycles. The average molecular weight is 294 g/mol. The molecule has 0 saturated heterocycles. The summed E-state index contributed by atoms with van der Waals surface area (Å²) in [5.41, 5.74) is 3.50. The van der Waals surface area contributed by atoms with Crippen LogP contribution in [0.4, 0.5) is 0 Å². The Morgan fingerprint density at radius 1 is 1.05 bits per heavy atom. The van der Waals surface area contributed by atoms with Gasteiger partial charge < -0.3 is 14.8 Å². The van der Waals surface area contributed by atoms with Gasteiger partial charge in [-0.2, -0.15) is 0 Å². The molecule has 4 heteroatoms. The van der Waals surface area contributed by atoms with Gasteiger partial charge in [0.1, 0.15) is 0 Å². The number of hydrogen-bond acceptors (Lipinski definition) is 3. The standard InChI is InChI=1S/C18H17NO3/c1-12-6-8-13(9-7-12)17(20)19-11-15-5-3-2-4-14(15)10-16(19)18(21)22/h2-9,16H,10-11H2,1H3,(H,21,22)/p-1/t16-/m1/s1. The normalized spacial score (nSPS) is 17.0. The maximum Gasteiger partial charge on any atom is 0.254 e. The van der Waals surface area contributed by atoms with Crippen molar-refractivity contribution in [2.45, 2.75) is 25.9 Å². The highest BCUT2D eigenvalue weighted by atomic mass is 16.4. The minimum atomic E-state index is -1.21. The van der Waals surface area contributed by atoms with Crippen LogP contribution < -0.4 is 5.11 Å². The summed E-state index contributed by atoms with van der Waals surface area (Å²) in [5.74, 6) is -1.49. The second-order valence-corrected chi connectivity index (χ2v) is 5.61. The molecule has 2 aromatic carbocycles. The number of aliphatic carboxylic acids is 1. The molecule has 4 nitrogen and oxygen atoms in total. The zero-order valence-corrected chi connectivity index (χ0v) is 12.3. The van der Waals surface area contributed by atoms with E-state index in [1.54, 1.807) is 12.1 Å². The van der Waals surface area contributed by atoms with Gasteiger partial charge in [0.2, 0.25) is 0 Å². The monoisotopic (exact) mass is 294 g/mol. The van der Waals surface area contributed by atoms with E-state index in [9.17, 15) is 14.7 Å². The molecular weight excluding hydrogens is 278 g/mol. The van der Waals surface area contributed by atoms with Gasteiger partial charge >= 0.3 is 0 Å². The largest absolute Gasteiger partial charge is 0.548 e. The molecule has 1 heterocycles. The van der Waals surface area contributed by atoms with E-state index < -0.39 is 12.0 Å². The number of nitrogens with zero attached hydrogens (tertiary/aromatic N) is 1. The van der Waals surface area contributed by atoms with Crippen molar-refractivity contribution in [2.75, 3.05) is 0 Å². The fourth-order valence-corrected chi connectivity index (χ4v) is 2.81. The first-order valence-corrected chi connectivity index (χ1v) is 7.21. The summed E-state index contributed by atoms with van der Waals surface area (Å²) in [4.78, 5) is 25.5. The molecule has 0 unspecified atom stereocenters. The second kappa shape index (κ2) is 5.64. The number of hydrogen-bond donors (Lipinski definition) is 0. The number of rotatable bonds is 2. The van der Waals surface area contributed by atoms with Crippen LogP contribution >= 0.6 is 0 Å². The molecule has 0 fully saturated rings. The molecule has 0 aromatic heterocycles. The van der Waals surface area contributed by atoms with Gasteiger partial charge in [0.15, 0.2) is 0 Å². The smallest absolute Gasteiger partial charge is 0.254 e. The average Bonchev–Trinajstić information content (AvgIpc) is 2.53. The molecular formula is C18H16NO3-. The Kier molecular flexibility index (Phi) is 3.67. The van der Waals surface area contributed by atoms with Crippen molar-refractivity contribution in [3.63, 3.8) is 0 Å². The van der Waals surface area contributed by atoms with E-state index in [4.69, 9.17) is 0 Å². The van der Waals surface area contributed by atoms with Crippen LogP contribution in [0.1, 0.15) is 27.0 Å². The molecule has 0 N–H and O–H groups in total. The number of amides is 1. The lowest BCUT2D eigenvalue weighted by Gasteiger charge is -2.37. The lowest BCUT2D eigenvalue weighted by molar-refractivity contribution is -0.311. The summed E-state index contributed by atoms with van der Waals surface area (Å²) < 4.78 is 0. The van der Waals surface area contributed by atoms with Crippen LogP contribution in [0, 0.1) is 6.92 Å². The van der Waals surface area contributed by atoms with Crippen molar-refractivity contribution < 1.29 is 14.7 Å². The summed E-state index contributed by atoms with van der Waals surface area (Å²) in [5, 5.41) is 11.5. The number of fused-ring (bicyclic) bond motifs is 1. The van der Waals surface area contributed by atoms with E-state index in [0.29, 0.717) is 12.1 Å². The molecule has 0 spiro atoms. The molecule has 1 aliphatic rings. The highest BCUT2D eigenvalue weighted by Crippen LogP contribution is 2.24. The van der Waals surface area contributed by atoms with Crippen LogP contribution in [0.2, 0.25) is 0 Å². The van der Waals surface area contributed by atoms with Crippen LogP contribution in [-0.4, -0.2) is 22.8 Å². The molecule has 22 heavy (non-hydrogen) atoms. The van der Waals surface area contributed by atoms with Gasteiger partial charge in [-0.3, -0.25) is 4.79 Å². The molecule has 0 aliphatic carbocycles. The lowest BCUT2D eigenvalue weighted by atomic mass is 9.93. The number of carboxylic acid groups (broad SMARTS) is 1. The SMILES string of the molecule is Cc1ccc(C(=O)N2Cc3ccccc3C[C@@H]2C(=O)[O-])cc1. The van der Waals surface area contributed by atoms with Crippen molar-refractivity contribution in [1.29, 1.82) is 0 Å². The Morgan fingerprint density at radius 3 is 2.32 bits per heavy atom. The van der Waals surface area contributed by atoms with Gasteiger partial charge in [-0.05, 0) is 36.6 Å². The summed E-state index contributed by atoms with van der Waals surface area (Å²) in [7, 11) is 0. The summed E-state index contributed by atoms with van der Waals surface area (Å²) in [6.07, 6.45) is 0.288. The van der Waals surface area contributed by atoms with Crippen LogP contribution in [0.3, 0.4) is 0 Å². The minimum absolute atomic E-state index is 0.274. The molecule has 0 saturated carbocycles. The third-order valence-corrected chi connectivity index (χ3v) is 4.08. The number of carboxylic acids is 1. The third kappa shape index (κ3) is 2.60. The Hall–Kier alpha value is -2.62. The number of benzene rings is 2. The van der Waals surface area contributed by atoms with Crippen molar-refractivity contribution in [3.8, 4) is 0 Å². The zero-order valence-electron chi connectivity index (χ0n) is 12.3. The second-order valence-electron chi connectivity index (χ2n) is 5.61. The van der Waals surface area contributed by atoms with Gasteiger partial charge in [0.25, 0.3) is 5.91 Å². The lowest BCUT2D eigenvalue weighted by Crippen LogP contribution is -2.53. The predicted molar refractivity (Wildman–Crippen MR) is 80.0 cm³/mol. The molecule has 3 rings (SSSR count). The Morgan fingerprint density at radius 2 is 1.68 bits per heavy atom. The minimum Gasteiger partial charge on any atom is -0.548 e. The van der Waals surface area contributed by atoms with Crippen LogP contribution in [0.15, 0.2) is 48.5 Å². The van der Waals surface area contributed by atoms with Gasteiger partial charge in [-0.15, -0.1) is 0 Å². The van der Waals surface area contributed by atoms with Crippen molar-refractivity contribution in [2.24, 2.45) is 0 Å². The van der Waals surface area contributed by atoms with Gasteiger partial charge in [0.05, 0.1) is 12.0 Å². The van der Waals surface area contributed by atoms with Gasteiger partial charge in [0, 0.05) is 12.1 Å². The van der Waals surface area contributed by atoms with E-state index in [-0.39, 0.29) is 12.3 Å². The van der Waals surface area contributed by atoms with E-state index in [2.05, 4.69) is 0 Å². The molecule has 1 amide bonds. The van der Waals surface area contributed by atoms with E-state index in [0.717, 1.165) is 16.7 Å². The highest BCUT2D eigenvalue weighted by molar-refractivity contribution is 5.96. The first kappa shape index (κ1) is 14.3. The quantitative estimate of drug-likeness (QED) is 0.839. The van der Waals surface area contributed by atoms with Crippen molar-refractivity contribution in [1.82, 2.24) is 4.90 Å². The molecule has 112 valence electrons. The molecule has 1 atom stereocenters.